The first-order valence-corrected chi connectivity index (χ1v) is 12.3. The number of benzene rings is 3. The van der Waals surface area contributed by atoms with Crippen LogP contribution in [0.3, 0.4) is 0 Å². The van der Waals surface area contributed by atoms with E-state index in [0.29, 0.717) is 33.7 Å². The van der Waals surface area contributed by atoms with E-state index in [4.69, 9.17) is 15.6 Å². The van der Waals surface area contributed by atoms with Gasteiger partial charge in [0.25, 0.3) is 5.56 Å². The van der Waals surface area contributed by atoms with E-state index in [-0.39, 0.29) is 16.8 Å². The van der Waals surface area contributed by atoms with Gasteiger partial charge in [-0.3, -0.25) is 14.8 Å². The zero-order valence-corrected chi connectivity index (χ0v) is 20.5. The van der Waals surface area contributed by atoms with Crippen LogP contribution in [0.5, 0.6) is 0 Å². The van der Waals surface area contributed by atoms with Crippen molar-refractivity contribution in [3.05, 3.63) is 119 Å². The van der Waals surface area contributed by atoms with E-state index in [1.54, 1.807) is 0 Å². The number of aromatic nitrogens is 4. The van der Waals surface area contributed by atoms with Crippen LogP contribution < -0.4 is 16.8 Å². The summed E-state index contributed by atoms with van der Waals surface area (Å²) in [5, 5.41) is 9.86. The van der Waals surface area contributed by atoms with E-state index >= 15 is 0 Å². The van der Waals surface area contributed by atoms with Gasteiger partial charge in [-0.2, -0.15) is 4.98 Å². The van der Waals surface area contributed by atoms with Crippen molar-refractivity contribution in [3.63, 3.8) is 0 Å². The van der Waals surface area contributed by atoms with E-state index in [1.165, 1.54) is 6.33 Å². The molecular formula is C31H20N6O2. The van der Waals surface area contributed by atoms with Crippen molar-refractivity contribution in [2.75, 3.05) is 5.73 Å². The predicted molar refractivity (Wildman–Crippen MR) is 150 cm³/mol. The second kappa shape index (κ2) is 8.74. The van der Waals surface area contributed by atoms with Crippen molar-refractivity contribution in [1.29, 1.82) is 5.41 Å². The largest absolute Gasteiger partial charge is 0.438 e. The molecule has 7 rings (SSSR count). The summed E-state index contributed by atoms with van der Waals surface area (Å²) in [5.41, 5.74) is 10.9. The number of nitrogens with zero attached hydrogens (tertiary/aromatic N) is 4. The van der Waals surface area contributed by atoms with E-state index in [2.05, 4.69) is 15.0 Å². The van der Waals surface area contributed by atoms with Gasteiger partial charge in [0.15, 0.2) is 5.82 Å². The first-order valence-electron chi connectivity index (χ1n) is 12.3. The Morgan fingerprint density at radius 2 is 1.54 bits per heavy atom. The topological polar surface area (TPSA) is 124 Å². The van der Waals surface area contributed by atoms with Crippen molar-refractivity contribution in [1.82, 2.24) is 19.5 Å². The molecule has 8 heteroatoms. The van der Waals surface area contributed by atoms with Gasteiger partial charge in [0.05, 0.1) is 22.3 Å². The second-order valence-electron chi connectivity index (χ2n) is 9.11. The molecule has 0 saturated carbocycles. The Kier molecular flexibility index (Phi) is 5.06. The molecule has 39 heavy (non-hydrogen) atoms. The molecule has 186 valence electrons. The van der Waals surface area contributed by atoms with Crippen LogP contribution in [-0.4, -0.2) is 19.5 Å². The minimum Gasteiger partial charge on any atom is -0.438 e. The van der Waals surface area contributed by atoms with Crippen LogP contribution in [0.4, 0.5) is 5.82 Å². The number of para-hydroxylation sites is 2. The average molecular weight is 509 g/mol. The summed E-state index contributed by atoms with van der Waals surface area (Å²) in [6.07, 6.45) is 1.36. The molecule has 0 unspecified atom stereocenters. The summed E-state index contributed by atoms with van der Waals surface area (Å²) in [4.78, 5) is 26.5. The van der Waals surface area contributed by atoms with Crippen molar-refractivity contribution in [2.24, 2.45) is 0 Å². The van der Waals surface area contributed by atoms with Gasteiger partial charge in [0, 0.05) is 11.1 Å². The molecule has 0 amide bonds. The average Bonchev–Trinajstić information content (AvgIpc) is 2.97. The Balaban J connectivity index is 1.73. The fourth-order valence-electron chi connectivity index (χ4n) is 5.06. The third kappa shape index (κ3) is 3.58. The summed E-state index contributed by atoms with van der Waals surface area (Å²) >= 11 is 0. The quantitative estimate of drug-likeness (QED) is 0.307. The molecule has 3 aromatic carbocycles. The van der Waals surface area contributed by atoms with E-state index in [0.717, 1.165) is 22.2 Å². The number of nitrogen functional groups attached to an aromatic ring is 1. The molecule has 2 aliphatic heterocycles. The van der Waals surface area contributed by atoms with Crippen molar-refractivity contribution >= 4 is 27.7 Å². The summed E-state index contributed by atoms with van der Waals surface area (Å²) in [6, 6.07) is 30.9. The molecule has 3 N–H and O–H groups in total. The Morgan fingerprint density at radius 3 is 2.33 bits per heavy atom. The number of hydrogen-bond acceptors (Lipinski definition) is 7. The third-order valence-electron chi connectivity index (χ3n) is 6.81. The Labute approximate surface area is 221 Å². The first kappa shape index (κ1) is 22.6. The SMILES string of the molecule is N=c1oc2ccccc2cc1-c1cc(-c2ccccc2)c2c3ncnc(N)c3c(=O)nc-2n1-c1ccccc1. The van der Waals surface area contributed by atoms with Gasteiger partial charge in [-0.1, -0.05) is 66.7 Å². The van der Waals surface area contributed by atoms with E-state index < -0.39 is 5.56 Å². The molecule has 2 aromatic heterocycles. The summed E-state index contributed by atoms with van der Waals surface area (Å²) < 4.78 is 7.81. The highest BCUT2D eigenvalue weighted by Gasteiger charge is 2.27. The molecule has 0 atom stereocenters. The van der Waals surface area contributed by atoms with Gasteiger partial charge < -0.3 is 10.2 Å². The molecular weight excluding hydrogens is 488 g/mol. The fourth-order valence-corrected chi connectivity index (χ4v) is 5.06. The van der Waals surface area contributed by atoms with E-state index in [1.807, 2.05) is 102 Å². The lowest BCUT2D eigenvalue weighted by atomic mass is 9.94. The van der Waals surface area contributed by atoms with Crippen LogP contribution in [0.25, 0.3) is 61.3 Å². The van der Waals surface area contributed by atoms with Crippen molar-refractivity contribution < 1.29 is 4.42 Å². The minimum atomic E-state index is -0.522. The first-order chi connectivity index (χ1) is 19.1. The molecule has 8 nitrogen and oxygen atoms in total. The highest BCUT2D eigenvalue weighted by molar-refractivity contribution is 6.04. The van der Waals surface area contributed by atoms with Gasteiger partial charge in [0.1, 0.15) is 23.1 Å². The monoisotopic (exact) mass is 508 g/mol. The summed E-state index contributed by atoms with van der Waals surface area (Å²) in [7, 11) is 0. The molecule has 0 saturated heterocycles. The van der Waals surface area contributed by atoms with Crippen LogP contribution >= 0.6 is 0 Å². The maximum atomic E-state index is 13.4. The predicted octanol–water partition coefficient (Wildman–Crippen LogP) is 5.42. The van der Waals surface area contributed by atoms with Gasteiger partial charge in [-0.05, 0) is 41.5 Å². The summed E-state index contributed by atoms with van der Waals surface area (Å²) in [5.74, 6) is 0.469. The second-order valence-corrected chi connectivity index (χ2v) is 9.11. The normalized spacial score (nSPS) is 11.4. The molecule has 2 aliphatic rings. The number of anilines is 1. The maximum absolute atomic E-state index is 13.4. The fraction of sp³-hybridized carbons (Fsp3) is 0. The van der Waals surface area contributed by atoms with Crippen LogP contribution in [0, 0.1) is 5.41 Å². The van der Waals surface area contributed by atoms with Crippen LogP contribution in [0.1, 0.15) is 0 Å². The highest BCUT2D eigenvalue weighted by atomic mass is 16.3. The number of rotatable bonds is 3. The maximum Gasteiger partial charge on any atom is 0.284 e. The van der Waals surface area contributed by atoms with Crippen LogP contribution in [0.15, 0.2) is 113 Å². The third-order valence-corrected chi connectivity index (χ3v) is 6.81. The lowest BCUT2D eigenvalue weighted by Crippen LogP contribution is -2.19. The number of pyridine rings is 2. The zero-order valence-electron chi connectivity index (χ0n) is 20.5. The zero-order chi connectivity index (χ0) is 26.5. The number of nitrogens with one attached hydrogen (secondary N) is 1. The van der Waals surface area contributed by atoms with Crippen LogP contribution in [-0.2, 0) is 0 Å². The Bertz CT molecular complexity index is 2120. The van der Waals surface area contributed by atoms with E-state index in [9.17, 15) is 4.79 Å². The van der Waals surface area contributed by atoms with Crippen molar-refractivity contribution in [2.45, 2.75) is 0 Å². The lowest BCUT2D eigenvalue weighted by molar-refractivity contribution is 0.535. The minimum absolute atomic E-state index is 0.00792. The molecule has 0 spiro atoms. The molecule has 0 fully saturated rings. The standard InChI is InChI=1S/C31H20N6O2/c32-28-26-27(34-17-35-28)25-21(18-9-3-1-4-10-18)16-23(22-15-19-11-7-8-14-24(19)39-29(22)33)37(30(25)36-31(26)38)20-12-5-2-6-13-20/h1-17,33H,(H2,32,34,35). The van der Waals surface area contributed by atoms with Crippen LogP contribution in [0.2, 0.25) is 0 Å². The van der Waals surface area contributed by atoms with Gasteiger partial charge in [-0.25, -0.2) is 9.97 Å². The Hall–Kier alpha value is -5.63. The number of fused-ring (bicyclic) bond motifs is 4. The molecule has 5 aromatic rings. The van der Waals surface area contributed by atoms with Crippen molar-refractivity contribution in [3.8, 4) is 39.5 Å². The molecule has 4 heterocycles. The lowest BCUT2D eigenvalue weighted by Gasteiger charge is -2.24. The molecule has 0 radical (unpaired) electrons. The number of nitrogens with two attached hydrogens (primary N) is 1. The Morgan fingerprint density at radius 1 is 0.821 bits per heavy atom. The van der Waals surface area contributed by atoms with Gasteiger partial charge in [0.2, 0.25) is 5.55 Å². The molecule has 0 aliphatic carbocycles. The smallest absolute Gasteiger partial charge is 0.284 e. The number of hydrogen-bond donors (Lipinski definition) is 2. The summed E-state index contributed by atoms with van der Waals surface area (Å²) in [6.45, 7) is 0. The highest BCUT2D eigenvalue weighted by Crippen LogP contribution is 2.41. The van der Waals surface area contributed by atoms with Gasteiger partial charge >= 0.3 is 0 Å². The molecule has 0 bridgehead atoms. The van der Waals surface area contributed by atoms with Gasteiger partial charge in [-0.15, -0.1) is 0 Å².